The lowest BCUT2D eigenvalue weighted by Crippen LogP contribution is -2.22. The van der Waals surface area contributed by atoms with Crippen molar-refractivity contribution in [3.63, 3.8) is 0 Å². The van der Waals surface area contributed by atoms with Crippen molar-refractivity contribution in [2.45, 2.75) is 6.54 Å². The van der Waals surface area contributed by atoms with Gasteiger partial charge in [-0.25, -0.2) is 9.07 Å². The zero-order chi connectivity index (χ0) is 22.1. The molecule has 0 atom stereocenters. The number of pyridine rings is 1. The van der Waals surface area contributed by atoms with Crippen LogP contribution in [0.15, 0.2) is 64.0 Å². The van der Waals surface area contributed by atoms with Gasteiger partial charge in [-0.2, -0.15) is 10.1 Å². The van der Waals surface area contributed by atoms with Crippen molar-refractivity contribution in [3.8, 4) is 33.7 Å². The van der Waals surface area contributed by atoms with Gasteiger partial charge in [-0.3, -0.25) is 9.78 Å². The van der Waals surface area contributed by atoms with Crippen molar-refractivity contribution in [1.82, 2.24) is 35.1 Å². The van der Waals surface area contributed by atoms with Crippen LogP contribution in [0.2, 0.25) is 5.02 Å². The summed E-state index contributed by atoms with van der Waals surface area (Å²) in [6.45, 7) is 0.0841. The van der Waals surface area contributed by atoms with Crippen molar-refractivity contribution >= 4 is 22.9 Å². The maximum Gasteiger partial charge on any atom is 0.278 e. The van der Waals surface area contributed by atoms with E-state index in [1.165, 1.54) is 40.3 Å². The molecule has 158 valence electrons. The zero-order valence-corrected chi connectivity index (χ0v) is 17.6. The number of halogens is 2. The molecule has 0 bridgehead atoms. The average Bonchev–Trinajstić information content (AvgIpc) is 3.46. The Bertz CT molecular complexity index is 1470. The molecule has 9 nitrogen and oxygen atoms in total. The molecule has 0 fully saturated rings. The van der Waals surface area contributed by atoms with E-state index in [0.717, 1.165) is 6.20 Å². The second-order valence-corrected chi connectivity index (χ2v) is 8.01. The van der Waals surface area contributed by atoms with Gasteiger partial charge in [-0.05, 0) is 30.3 Å². The Morgan fingerprint density at radius 2 is 1.97 bits per heavy atom. The Morgan fingerprint density at radius 3 is 2.78 bits per heavy atom. The van der Waals surface area contributed by atoms with Crippen molar-refractivity contribution < 1.29 is 8.91 Å². The molecule has 0 radical (unpaired) electrons. The summed E-state index contributed by atoms with van der Waals surface area (Å²) in [6.07, 6.45) is 1.11. The molecule has 0 N–H and O–H groups in total. The van der Waals surface area contributed by atoms with E-state index in [0.29, 0.717) is 37.8 Å². The summed E-state index contributed by atoms with van der Waals surface area (Å²) < 4.78 is 19.6. The first-order chi connectivity index (χ1) is 15.5. The van der Waals surface area contributed by atoms with Gasteiger partial charge in [-0.15, -0.1) is 10.2 Å². The molecule has 0 spiro atoms. The molecule has 0 unspecified atom stereocenters. The Morgan fingerprint density at radius 1 is 1.09 bits per heavy atom. The van der Waals surface area contributed by atoms with E-state index in [1.54, 1.807) is 24.3 Å². The minimum atomic E-state index is -0.439. The highest BCUT2D eigenvalue weighted by atomic mass is 35.5. The Hall–Kier alpha value is -3.83. The van der Waals surface area contributed by atoms with Crippen LogP contribution < -0.4 is 5.56 Å². The van der Waals surface area contributed by atoms with Gasteiger partial charge in [0.05, 0.1) is 12.7 Å². The fourth-order valence-corrected chi connectivity index (χ4v) is 3.79. The summed E-state index contributed by atoms with van der Waals surface area (Å²) in [7, 11) is 0. The standard InChI is InChI=1S/C20H11ClFN7O2S/c21-12-3-1-2-11(8-12)18-24-19(31-28-18)14-6-7-17(30)29(27-14)10-16-25-26-20(32-16)15-5-4-13(22)9-23-15/h1-9H,10H2. The van der Waals surface area contributed by atoms with Crippen LogP contribution in [0.25, 0.3) is 33.7 Å². The molecule has 4 aromatic heterocycles. The maximum atomic E-state index is 13.1. The van der Waals surface area contributed by atoms with Crippen molar-refractivity contribution in [2.24, 2.45) is 0 Å². The lowest BCUT2D eigenvalue weighted by Gasteiger charge is -2.02. The molecular formula is C20H11ClFN7O2S. The first kappa shape index (κ1) is 20.1. The van der Waals surface area contributed by atoms with E-state index in [2.05, 4.69) is 30.4 Å². The van der Waals surface area contributed by atoms with Gasteiger partial charge in [0.15, 0.2) is 5.01 Å². The highest BCUT2D eigenvalue weighted by Gasteiger charge is 2.15. The zero-order valence-electron chi connectivity index (χ0n) is 16.0. The minimum Gasteiger partial charge on any atom is -0.332 e. The first-order valence-electron chi connectivity index (χ1n) is 9.18. The summed E-state index contributed by atoms with van der Waals surface area (Å²) in [5.74, 6) is 0.0652. The van der Waals surface area contributed by atoms with Crippen molar-refractivity contribution in [2.75, 3.05) is 0 Å². The topological polar surface area (TPSA) is 112 Å². The van der Waals surface area contributed by atoms with Crippen LogP contribution in [-0.2, 0) is 6.54 Å². The van der Waals surface area contributed by atoms with Crippen LogP contribution >= 0.6 is 22.9 Å². The van der Waals surface area contributed by atoms with Crippen LogP contribution in [0.5, 0.6) is 0 Å². The van der Waals surface area contributed by atoms with Crippen LogP contribution in [0, 0.1) is 5.82 Å². The van der Waals surface area contributed by atoms with E-state index in [9.17, 15) is 9.18 Å². The monoisotopic (exact) mass is 467 g/mol. The molecule has 4 heterocycles. The molecule has 32 heavy (non-hydrogen) atoms. The summed E-state index contributed by atoms with van der Waals surface area (Å²) in [4.78, 5) is 20.6. The van der Waals surface area contributed by atoms with Gasteiger partial charge < -0.3 is 4.52 Å². The molecule has 0 saturated heterocycles. The number of nitrogens with zero attached hydrogens (tertiary/aromatic N) is 7. The molecule has 12 heteroatoms. The van der Waals surface area contributed by atoms with Crippen LogP contribution in [0.1, 0.15) is 5.01 Å². The summed E-state index contributed by atoms with van der Waals surface area (Å²) in [6, 6.07) is 12.7. The smallest absolute Gasteiger partial charge is 0.278 e. The highest BCUT2D eigenvalue weighted by molar-refractivity contribution is 7.14. The number of hydrogen-bond acceptors (Lipinski definition) is 9. The van der Waals surface area contributed by atoms with Crippen LogP contribution in [-0.4, -0.2) is 35.1 Å². The highest BCUT2D eigenvalue weighted by Crippen LogP contribution is 2.24. The average molecular weight is 468 g/mol. The predicted octanol–water partition coefficient (Wildman–Crippen LogP) is 3.71. The second-order valence-electron chi connectivity index (χ2n) is 6.51. The van der Waals surface area contributed by atoms with Crippen molar-refractivity contribution in [3.05, 3.63) is 80.9 Å². The number of rotatable bonds is 5. The first-order valence-corrected chi connectivity index (χ1v) is 10.4. The third kappa shape index (κ3) is 4.15. The minimum absolute atomic E-state index is 0.0841. The lowest BCUT2D eigenvalue weighted by molar-refractivity contribution is 0.429. The lowest BCUT2D eigenvalue weighted by atomic mass is 10.2. The number of benzene rings is 1. The molecule has 5 aromatic rings. The van der Waals surface area contributed by atoms with E-state index < -0.39 is 5.82 Å². The Kier molecular flexibility index (Phi) is 5.25. The largest absolute Gasteiger partial charge is 0.332 e. The van der Waals surface area contributed by atoms with Gasteiger partial charge in [0, 0.05) is 16.7 Å². The predicted molar refractivity (Wildman–Crippen MR) is 114 cm³/mol. The van der Waals surface area contributed by atoms with E-state index in [1.807, 2.05) is 0 Å². The molecule has 0 aliphatic carbocycles. The van der Waals surface area contributed by atoms with Gasteiger partial charge in [0.25, 0.3) is 11.4 Å². The molecule has 0 aliphatic rings. The van der Waals surface area contributed by atoms with Crippen LogP contribution in [0.4, 0.5) is 4.39 Å². The normalized spacial score (nSPS) is 11.1. The van der Waals surface area contributed by atoms with E-state index in [-0.39, 0.29) is 18.0 Å². The SMILES string of the molecule is O=c1ccc(-c2nc(-c3cccc(Cl)c3)no2)nn1Cc1nnc(-c2ccc(F)cn2)s1. The molecular weight excluding hydrogens is 457 g/mol. The summed E-state index contributed by atoms with van der Waals surface area (Å²) in [5.41, 5.74) is 1.18. The molecule has 1 aromatic carbocycles. The van der Waals surface area contributed by atoms with Crippen LogP contribution in [0.3, 0.4) is 0 Å². The summed E-state index contributed by atoms with van der Waals surface area (Å²) >= 11 is 7.24. The number of aromatic nitrogens is 7. The van der Waals surface area contributed by atoms with Gasteiger partial charge in [0.1, 0.15) is 22.2 Å². The molecule has 5 rings (SSSR count). The van der Waals surface area contributed by atoms with Gasteiger partial charge in [-0.1, -0.05) is 40.2 Å². The molecule has 0 aliphatic heterocycles. The molecule has 0 amide bonds. The molecule has 0 saturated carbocycles. The van der Waals surface area contributed by atoms with Gasteiger partial charge >= 0.3 is 0 Å². The Labute approximate surface area is 188 Å². The maximum absolute atomic E-state index is 13.1. The summed E-state index contributed by atoms with van der Waals surface area (Å²) in [5, 5.41) is 18.0. The van der Waals surface area contributed by atoms with Crippen molar-refractivity contribution in [1.29, 1.82) is 0 Å². The third-order valence-electron chi connectivity index (χ3n) is 4.29. The van der Waals surface area contributed by atoms with E-state index >= 15 is 0 Å². The third-order valence-corrected chi connectivity index (χ3v) is 5.46. The fourth-order valence-electron chi connectivity index (χ4n) is 2.80. The van der Waals surface area contributed by atoms with E-state index in [4.69, 9.17) is 16.1 Å². The Balaban J connectivity index is 1.40. The van der Waals surface area contributed by atoms with Gasteiger partial charge in [0.2, 0.25) is 5.82 Å². The number of hydrogen-bond donors (Lipinski definition) is 0. The second kappa shape index (κ2) is 8.36. The fraction of sp³-hybridized carbons (Fsp3) is 0.0500. The quantitative estimate of drug-likeness (QED) is 0.384.